The van der Waals surface area contributed by atoms with Gasteiger partial charge in [0.2, 0.25) is 5.91 Å². The summed E-state index contributed by atoms with van der Waals surface area (Å²) in [5.74, 6) is 0.490. The number of benzene rings is 1. The first kappa shape index (κ1) is 16.5. The quantitative estimate of drug-likeness (QED) is 0.803. The number of anilines is 1. The van der Waals surface area contributed by atoms with Gasteiger partial charge >= 0.3 is 0 Å². The Bertz CT molecular complexity index is 536. The molecule has 0 aliphatic heterocycles. The molecule has 1 aromatic rings. The molecule has 0 aromatic heterocycles. The molecule has 0 heterocycles. The maximum atomic E-state index is 11.6. The van der Waals surface area contributed by atoms with Crippen LogP contribution in [-0.2, 0) is 14.6 Å². The summed E-state index contributed by atoms with van der Waals surface area (Å²) in [5.41, 5.74) is 0.719. The average molecular weight is 298 g/mol. The lowest BCUT2D eigenvalue weighted by atomic mass is 10.1. The Morgan fingerprint density at radius 3 is 2.30 bits per heavy atom. The summed E-state index contributed by atoms with van der Waals surface area (Å²) in [7, 11) is -3.18. The topological polar surface area (TPSA) is 75.3 Å². The van der Waals surface area contributed by atoms with Crippen LogP contribution in [0.5, 0.6) is 0 Å². The smallest absolute Gasteiger partial charge is 0.239 e. The molecule has 112 valence electrons. The second-order valence-electron chi connectivity index (χ2n) is 5.18. The Kier molecular flexibility index (Phi) is 6.01. The second-order valence-corrected chi connectivity index (χ2v) is 7.20. The van der Waals surface area contributed by atoms with Crippen LogP contribution in [0, 0.1) is 5.92 Å². The van der Waals surface area contributed by atoms with Crippen LogP contribution in [0.1, 0.15) is 20.3 Å². The van der Waals surface area contributed by atoms with E-state index >= 15 is 0 Å². The van der Waals surface area contributed by atoms with Crippen molar-refractivity contribution in [1.29, 1.82) is 0 Å². The minimum Gasteiger partial charge on any atom is -0.376 e. The molecule has 5 nitrogen and oxygen atoms in total. The van der Waals surface area contributed by atoms with E-state index in [-0.39, 0.29) is 17.3 Å². The molecule has 6 heteroatoms. The first-order chi connectivity index (χ1) is 9.29. The van der Waals surface area contributed by atoms with Crippen LogP contribution in [0.25, 0.3) is 0 Å². The highest BCUT2D eigenvalue weighted by Crippen LogP contribution is 2.13. The van der Waals surface area contributed by atoms with Crippen LogP contribution in [0.4, 0.5) is 5.69 Å². The number of hydrogen-bond acceptors (Lipinski definition) is 4. The third-order valence-electron chi connectivity index (χ3n) is 2.78. The largest absolute Gasteiger partial charge is 0.376 e. The fourth-order valence-electron chi connectivity index (χ4n) is 1.57. The molecule has 0 saturated heterocycles. The molecule has 0 unspecified atom stereocenters. The van der Waals surface area contributed by atoms with Crippen LogP contribution in [0.15, 0.2) is 29.2 Å². The van der Waals surface area contributed by atoms with Crippen molar-refractivity contribution in [2.75, 3.05) is 24.7 Å². The van der Waals surface area contributed by atoms with Gasteiger partial charge in [-0.15, -0.1) is 0 Å². The molecule has 0 bridgehead atoms. The van der Waals surface area contributed by atoms with Crippen molar-refractivity contribution in [3.63, 3.8) is 0 Å². The zero-order valence-electron chi connectivity index (χ0n) is 12.1. The zero-order chi connectivity index (χ0) is 15.2. The van der Waals surface area contributed by atoms with Gasteiger partial charge in [-0.05, 0) is 36.6 Å². The predicted molar refractivity (Wildman–Crippen MR) is 80.5 cm³/mol. The monoisotopic (exact) mass is 298 g/mol. The Balaban J connectivity index is 2.40. The highest BCUT2D eigenvalue weighted by atomic mass is 32.2. The predicted octanol–water partition coefficient (Wildman–Crippen LogP) is 1.66. The standard InChI is InChI=1S/C14H22N2O3S/c1-11(2)8-9-15-14(17)10-16-12-4-6-13(7-5-12)20(3,18)19/h4-7,11,16H,8-10H2,1-3H3,(H,15,17). The van der Waals surface area contributed by atoms with E-state index in [2.05, 4.69) is 24.5 Å². The molecule has 20 heavy (non-hydrogen) atoms. The molecule has 0 radical (unpaired) electrons. The van der Waals surface area contributed by atoms with E-state index in [1.165, 1.54) is 12.1 Å². The minimum atomic E-state index is -3.18. The van der Waals surface area contributed by atoms with Crippen LogP contribution in [0.3, 0.4) is 0 Å². The van der Waals surface area contributed by atoms with Crippen molar-refractivity contribution in [3.05, 3.63) is 24.3 Å². The number of sulfone groups is 1. The third-order valence-corrected chi connectivity index (χ3v) is 3.91. The molecule has 0 aliphatic carbocycles. The van der Waals surface area contributed by atoms with Gasteiger partial charge in [-0.2, -0.15) is 0 Å². The van der Waals surface area contributed by atoms with Crippen molar-refractivity contribution < 1.29 is 13.2 Å². The SMILES string of the molecule is CC(C)CCNC(=O)CNc1ccc(S(C)(=O)=O)cc1. The first-order valence-electron chi connectivity index (χ1n) is 6.59. The minimum absolute atomic E-state index is 0.0714. The number of nitrogens with one attached hydrogen (secondary N) is 2. The fourth-order valence-corrected chi connectivity index (χ4v) is 2.20. The summed E-state index contributed by atoms with van der Waals surface area (Å²) in [5, 5.41) is 5.78. The van der Waals surface area contributed by atoms with Crippen molar-refractivity contribution in [2.24, 2.45) is 5.92 Å². The van der Waals surface area contributed by atoms with Gasteiger partial charge < -0.3 is 10.6 Å². The van der Waals surface area contributed by atoms with Gasteiger partial charge in [-0.1, -0.05) is 13.8 Å². The van der Waals surface area contributed by atoms with E-state index in [1.807, 2.05) is 0 Å². The van der Waals surface area contributed by atoms with Crippen molar-refractivity contribution in [1.82, 2.24) is 5.32 Å². The van der Waals surface area contributed by atoms with Crippen LogP contribution < -0.4 is 10.6 Å². The van der Waals surface area contributed by atoms with E-state index in [1.54, 1.807) is 12.1 Å². The number of rotatable bonds is 7. The highest BCUT2D eigenvalue weighted by Gasteiger charge is 2.06. The zero-order valence-corrected chi connectivity index (χ0v) is 13.0. The molecule has 1 rings (SSSR count). The van der Waals surface area contributed by atoms with Crippen LogP contribution in [-0.4, -0.2) is 33.7 Å². The molecular formula is C14H22N2O3S. The maximum Gasteiger partial charge on any atom is 0.239 e. The van der Waals surface area contributed by atoms with E-state index in [0.717, 1.165) is 18.4 Å². The molecule has 2 N–H and O–H groups in total. The van der Waals surface area contributed by atoms with Crippen molar-refractivity contribution in [2.45, 2.75) is 25.2 Å². The van der Waals surface area contributed by atoms with E-state index in [0.29, 0.717) is 12.5 Å². The lowest BCUT2D eigenvalue weighted by Crippen LogP contribution is -2.31. The van der Waals surface area contributed by atoms with E-state index in [9.17, 15) is 13.2 Å². The summed E-state index contributed by atoms with van der Waals surface area (Å²) < 4.78 is 22.6. The van der Waals surface area contributed by atoms with Gasteiger partial charge in [0.1, 0.15) is 0 Å². The van der Waals surface area contributed by atoms with Gasteiger partial charge in [0.15, 0.2) is 9.84 Å². The van der Waals surface area contributed by atoms with Crippen molar-refractivity contribution >= 4 is 21.4 Å². The number of carbonyl (C=O) groups is 1. The van der Waals surface area contributed by atoms with Gasteiger partial charge in [0, 0.05) is 18.5 Å². The third kappa shape index (κ3) is 6.06. The molecule has 0 fully saturated rings. The fraction of sp³-hybridized carbons (Fsp3) is 0.500. The molecule has 1 amide bonds. The number of amides is 1. The van der Waals surface area contributed by atoms with Gasteiger partial charge in [-0.25, -0.2) is 8.42 Å². The van der Waals surface area contributed by atoms with Gasteiger partial charge in [0.05, 0.1) is 11.4 Å². The highest BCUT2D eigenvalue weighted by molar-refractivity contribution is 7.90. The van der Waals surface area contributed by atoms with E-state index in [4.69, 9.17) is 0 Å². The first-order valence-corrected chi connectivity index (χ1v) is 8.49. The van der Waals surface area contributed by atoms with Gasteiger partial charge in [-0.3, -0.25) is 4.79 Å². The summed E-state index contributed by atoms with van der Waals surface area (Å²) >= 11 is 0. The number of carbonyl (C=O) groups excluding carboxylic acids is 1. The van der Waals surface area contributed by atoms with Crippen LogP contribution >= 0.6 is 0 Å². The summed E-state index contributed by atoms with van der Waals surface area (Å²) in [6, 6.07) is 6.35. The normalized spacial score (nSPS) is 11.4. The average Bonchev–Trinajstić information content (AvgIpc) is 2.35. The Hall–Kier alpha value is -1.56. The Labute approximate surface area is 120 Å². The molecule has 0 spiro atoms. The lowest BCUT2D eigenvalue weighted by molar-refractivity contribution is -0.119. The molecule has 1 aromatic carbocycles. The summed E-state index contributed by atoms with van der Waals surface area (Å²) in [4.78, 5) is 11.8. The molecule has 0 aliphatic rings. The summed E-state index contributed by atoms with van der Waals surface area (Å²) in [6.07, 6.45) is 2.12. The molecule has 0 atom stereocenters. The summed E-state index contributed by atoms with van der Waals surface area (Å²) in [6.45, 7) is 5.06. The second kappa shape index (κ2) is 7.28. The Morgan fingerprint density at radius 2 is 1.80 bits per heavy atom. The lowest BCUT2D eigenvalue weighted by Gasteiger charge is -2.09. The number of hydrogen-bond donors (Lipinski definition) is 2. The Morgan fingerprint density at radius 1 is 1.20 bits per heavy atom. The van der Waals surface area contributed by atoms with Crippen LogP contribution in [0.2, 0.25) is 0 Å². The van der Waals surface area contributed by atoms with Crippen molar-refractivity contribution in [3.8, 4) is 0 Å². The molecule has 0 saturated carbocycles. The molecular weight excluding hydrogens is 276 g/mol. The van der Waals surface area contributed by atoms with Gasteiger partial charge in [0.25, 0.3) is 0 Å². The van der Waals surface area contributed by atoms with E-state index < -0.39 is 9.84 Å². The maximum absolute atomic E-state index is 11.6.